The summed E-state index contributed by atoms with van der Waals surface area (Å²) in [4.78, 5) is 0. The minimum absolute atomic E-state index is 0.946. The molecule has 0 radical (unpaired) electrons. The summed E-state index contributed by atoms with van der Waals surface area (Å²) in [6.07, 6.45) is 7.53. The van der Waals surface area contributed by atoms with Crippen molar-refractivity contribution in [1.82, 2.24) is 15.1 Å². The van der Waals surface area contributed by atoms with E-state index >= 15 is 0 Å². The maximum Gasteiger partial charge on any atom is 0.0518 e. The van der Waals surface area contributed by atoms with Gasteiger partial charge >= 0.3 is 0 Å². The van der Waals surface area contributed by atoms with Crippen molar-refractivity contribution in [3.63, 3.8) is 0 Å². The molecule has 0 saturated heterocycles. The van der Waals surface area contributed by atoms with Gasteiger partial charge in [0.2, 0.25) is 0 Å². The molecular weight excluding hydrogens is 174 g/mol. The van der Waals surface area contributed by atoms with Crippen LogP contribution in [0.25, 0.3) is 0 Å². The molecule has 3 nitrogen and oxygen atoms in total. The summed E-state index contributed by atoms with van der Waals surface area (Å²) >= 11 is 0. The molecule has 1 fully saturated rings. The molecule has 3 heteroatoms. The maximum absolute atomic E-state index is 4.13. The normalized spacial score (nSPS) is 16.1. The highest BCUT2D eigenvalue weighted by atomic mass is 15.3. The van der Waals surface area contributed by atoms with E-state index in [2.05, 4.69) is 16.5 Å². The Morgan fingerprint density at radius 2 is 2.43 bits per heavy atom. The summed E-state index contributed by atoms with van der Waals surface area (Å²) in [5, 5.41) is 7.58. The van der Waals surface area contributed by atoms with Gasteiger partial charge in [-0.1, -0.05) is 12.8 Å². The Bertz CT molecular complexity index is 276. The van der Waals surface area contributed by atoms with Crippen molar-refractivity contribution in [1.29, 1.82) is 0 Å². The molecule has 0 unspecified atom stereocenters. The minimum atomic E-state index is 0.946. The van der Waals surface area contributed by atoms with Gasteiger partial charge < -0.3 is 5.32 Å². The molecule has 0 atom stereocenters. The number of nitrogens with zero attached hydrogens (tertiary/aromatic N) is 2. The fourth-order valence-corrected chi connectivity index (χ4v) is 1.71. The van der Waals surface area contributed by atoms with E-state index in [0.29, 0.717) is 0 Å². The molecule has 0 aliphatic heterocycles. The van der Waals surface area contributed by atoms with Crippen LogP contribution < -0.4 is 5.32 Å². The van der Waals surface area contributed by atoms with Crippen molar-refractivity contribution in [3.05, 3.63) is 18.0 Å². The molecule has 14 heavy (non-hydrogen) atoms. The number of hydrogen-bond acceptors (Lipinski definition) is 2. The van der Waals surface area contributed by atoms with E-state index in [0.717, 1.165) is 19.0 Å². The fourth-order valence-electron chi connectivity index (χ4n) is 1.71. The van der Waals surface area contributed by atoms with E-state index in [1.54, 1.807) is 0 Å². The first-order chi connectivity index (χ1) is 6.86. The Kier molecular flexibility index (Phi) is 3.19. The van der Waals surface area contributed by atoms with Crippen LogP contribution in [0.4, 0.5) is 0 Å². The van der Waals surface area contributed by atoms with Crippen LogP contribution in [-0.4, -0.2) is 16.3 Å². The van der Waals surface area contributed by atoms with Crippen molar-refractivity contribution in [2.24, 2.45) is 13.0 Å². The van der Waals surface area contributed by atoms with E-state index in [1.165, 1.54) is 31.4 Å². The van der Waals surface area contributed by atoms with Gasteiger partial charge in [0, 0.05) is 19.8 Å². The molecule has 1 aromatic rings. The Morgan fingerprint density at radius 3 is 3.07 bits per heavy atom. The van der Waals surface area contributed by atoms with E-state index in [1.807, 2.05) is 17.9 Å². The van der Waals surface area contributed by atoms with Gasteiger partial charge in [0.15, 0.2) is 0 Å². The molecule has 1 N–H and O–H groups in total. The Morgan fingerprint density at radius 1 is 1.57 bits per heavy atom. The highest BCUT2D eigenvalue weighted by Gasteiger charge is 2.19. The SMILES string of the molecule is Cn1nccc1CNCCCC1CC1. The number of aromatic nitrogens is 2. The standard InChI is InChI=1S/C11H19N3/c1-14-11(6-8-13-14)9-12-7-2-3-10-4-5-10/h6,8,10,12H,2-5,7,9H2,1H3. The number of aryl methyl sites for hydroxylation is 1. The van der Waals surface area contributed by atoms with Gasteiger partial charge in [-0.2, -0.15) is 5.10 Å². The van der Waals surface area contributed by atoms with Gasteiger partial charge in [0.1, 0.15) is 0 Å². The molecule has 2 rings (SSSR count). The third-order valence-corrected chi connectivity index (χ3v) is 2.89. The van der Waals surface area contributed by atoms with Crippen LogP contribution in [0.5, 0.6) is 0 Å². The molecule has 0 amide bonds. The summed E-state index contributed by atoms with van der Waals surface area (Å²) in [7, 11) is 1.99. The summed E-state index contributed by atoms with van der Waals surface area (Å²) < 4.78 is 1.92. The lowest BCUT2D eigenvalue weighted by Gasteiger charge is -2.04. The smallest absolute Gasteiger partial charge is 0.0518 e. The second-order valence-corrected chi connectivity index (χ2v) is 4.21. The number of hydrogen-bond donors (Lipinski definition) is 1. The molecule has 1 saturated carbocycles. The molecule has 1 aliphatic carbocycles. The van der Waals surface area contributed by atoms with Crippen LogP contribution in [0.3, 0.4) is 0 Å². The van der Waals surface area contributed by atoms with Crippen LogP contribution in [-0.2, 0) is 13.6 Å². The molecule has 1 aliphatic rings. The zero-order valence-corrected chi connectivity index (χ0v) is 8.87. The molecule has 1 heterocycles. The highest BCUT2D eigenvalue weighted by Crippen LogP contribution is 2.33. The van der Waals surface area contributed by atoms with Crippen molar-refractivity contribution in [2.45, 2.75) is 32.2 Å². The minimum Gasteiger partial charge on any atom is -0.311 e. The Hall–Kier alpha value is -0.830. The largest absolute Gasteiger partial charge is 0.311 e. The average Bonchev–Trinajstić information content (AvgIpc) is 2.91. The van der Waals surface area contributed by atoms with Gasteiger partial charge in [-0.25, -0.2) is 0 Å². The second kappa shape index (κ2) is 4.60. The first kappa shape index (κ1) is 9.71. The summed E-state index contributed by atoms with van der Waals surface area (Å²) in [6, 6.07) is 2.06. The average molecular weight is 193 g/mol. The summed E-state index contributed by atoms with van der Waals surface area (Å²) in [5.41, 5.74) is 1.26. The van der Waals surface area contributed by atoms with Gasteiger partial charge in [-0.15, -0.1) is 0 Å². The van der Waals surface area contributed by atoms with Gasteiger partial charge in [-0.05, 0) is 31.4 Å². The molecule has 78 valence electrons. The summed E-state index contributed by atoms with van der Waals surface area (Å²) in [6.45, 7) is 2.09. The lowest BCUT2D eigenvalue weighted by Crippen LogP contribution is -2.17. The van der Waals surface area contributed by atoms with Crippen molar-refractivity contribution < 1.29 is 0 Å². The monoisotopic (exact) mass is 193 g/mol. The predicted octanol–water partition coefficient (Wildman–Crippen LogP) is 1.70. The topological polar surface area (TPSA) is 29.9 Å². The van der Waals surface area contributed by atoms with Crippen LogP contribution in [0.1, 0.15) is 31.4 Å². The summed E-state index contributed by atoms with van der Waals surface area (Å²) in [5.74, 6) is 1.06. The van der Waals surface area contributed by atoms with E-state index in [9.17, 15) is 0 Å². The molecule has 0 bridgehead atoms. The third-order valence-electron chi connectivity index (χ3n) is 2.89. The zero-order valence-electron chi connectivity index (χ0n) is 8.87. The molecule has 0 spiro atoms. The van der Waals surface area contributed by atoms with E-state index in [-0.39, 0.29) is 0 Å². The van der Waals surface area contributed by atoms with E-state index in [4.69, 9.17) is 0 Å². The lowest BCUT2D eigenvalue weighted by molar-refractivity contribution is 0.573. The number of nitrogens with one attached hydrogen (secondary N) is 1. The zero-order chi connectivity index (χ0) is 9.80. The third kappa shape index (κ3) is 2.84. The molecular formula is C11H19N3. The quantitative estimate of drug-likeness (QED) is 0.697. The first-order valence-corrected chi connectivity index (χ1v) is 5.54. The Balaban J connectivity index is 1.56. The highest BCUT2D eigenvalue weighted by molar-refractivity contribution is 4.98. The first-order valence-electron chi connectivity index (χ1n) is 5.54. The maximum atomic E-state index is 4.13. The predicted molar refractivity (Wildman–Crippen MR) is 56.9 cm³/mol. The van der Waals surface area contributed by atoms with Crippen LogP contribution in [0, 0.1) is 5.92 Å². The van der Waals surface area contributed by atoms with Crippen LogP contribution >= 0.6 is 0 Å². The van der Waals surface area contributed by atoms with Gasteiger partial charge in [0.25, 0.3) is 0 Å². The molecule has 0 aromatic carbocycles. The fraction of sp³-hybridized carbons (Fsp3) is 0.727. The van der Waals surface area contributed by atoms with Gasteiger partial charge in [0.05, 0.1) is 5.69 Å². The second-order valence-electron chi connectivity index (χ2n) is 4.21. The van der Waals surface area contributed by atoms with E-state index < -0.39 is 0 Å². The van der Waals surface area contributed by atoms with Gasteiger partial charge in [-0.3, -0.25) is 4.68 Å². The van der Waals surface area contributed by atoms with Crippen molar-refractivity contribution in [3.8, 4) is 0 Å². The Labute approximate surface area is 85.5 Å². The van der Waals surface area contributed by atoms with Crippen LogP contribution in [0.2, 0.25) is 0 Å². The van der Waals surface area contributed by atoms with Crippen molar-refractivity contribution in [2.75, 3.05) is 6.54 Å². The lowest BCUT2D eigenvalue weighted by atomic mass is 10.2. The molecule has 1 aromatic heterocycles. The van der Waals surface area contributed by atoms with Crippen LogP contribution in [0.15, 0.2) is 12.3 Å². The number of rotatable bonds is 6. The van der Waals surface area contributed by atoms with Crippen molar-refractivity contribution >= 4 is 0 Å².